The van der Waals surface area contributed by atoms with Crippen LogP contribution in [0.25, 0.3) is 0 Å². The average molecular weight is 417 g/mol. The minimum atomic E-state index is -0.478. The van der Waals surface area contributed by atoms with E-state index in [0.29, 0.717) is 23.2 Å². The number of hydrogen-bond acceptors (Lipinski definition) is 6. The minimum Gasteiger partial charge on any atom is -0.493 e. The van der Waals surface area contributed by atoms with Crippen LogP contribution in [0.4, 0.5) is 0 Å². The number of rotatable bonds is 6. The molecular formula is C22H32N4O4. The molecule has 1 aliphatic rings. The largest absolute Gasteiger partial charge is 0.493 e. The number of amides is 1. The van der Waals surface area contributed by atoms with Crippen LogP contribution < -0.4 is 14.8 Å². The number of ether oxygens (including phenoxy) is 3. The van der Waals surface area contributed by atoms with E-state index in [0.717, 1.165) is 17.8 Å². The summed E-state index contributed by atoms with van der Waals surface area (Å²) in [6.07, 6.45) is 0.296. The third-order valence-electron chi connectivity index (χ3n) is 4.94. The molecule has 1 fully saturated rings. The van der Waals surface area contributed by atoms with Crippen molar-refractivity contribution in [2.75, 3.05) is 20.8 Å². The van der Waals surface area contributed by atoms with Gasteiger partial charge in [-0.05, 0) is 44.4 Å². The highest BCUT2D eigenvalue weighted by molar-refractivity contribution is 5.78. The smallest absolute Gasteiger partial charge is 0.246 e. The molecule has 8 heteroatoms. The Bertz CT molecular complexity index is 901. The molecule has 2 aromatic rings. The van der Waals surface area contributed by atoms with Crippen LogP contribution in [-0.2, 0) is 21.5 Å². The van der Waals surface area contributed by atoms with Crippen LogP contribution in [-0.4, -0.2) is 41.5 Å². The molecule has 0 radical (unpaired) electrons. The first-order valence-corrected chi connectivity index (χ1v) is 10.2. The summed E-state index contributed by atoms with van der Waals surface area (Å²) in [5.74, 6) is 2.96. The van der Waals surface area contributed by atoms with Gasteiger partial charge in [0.1, 0.15) is 12.7 Å². The first-order valence-electron chi connectivity index (χ1n) is 10.2. The van der Waals surface area contributed by atoms with Crippen LogP contribution in [0.2, 0.25) is 0 Å². The summed E-state index contributed by atoms with van der Waals surface area (Å²) >= 11 is 0. The van der Waals surface area contributed by atoms with Crippen molar-refractivity contribution in [3.63, 3.8) is 0 Å². The number of carbonyl (C=O) groups is 1. The lowest BCUT2D eigenvalue weighted by Gasteiger charge is -2.34. The van der Waals surface area contributed by atoms with Crippen molar-refractivity contribution >= 4 is 5.91 Å². The lowest BCUT2D eigenvalue weighted by atomic mass is 9.97. The molecule has 0 spiro atoms. The molecule has 1 saturated heterocycles. The Morgan fingerprint density at radius 1 is 1.23 bits per heavy atom. The van der Waals surface area contributed by atoms with E-state index in [9.17, 15) is 4.79 Å². The second kappa shape index (κ2) is 8.63. The number of benzene rings is 1. The third-order valence-corrected chi connectivity index (χ3v) is 4.94. The van der Waals surface area contributed by atoms with Crippen molar-refractivity contribution in [2.24, 2.45) is 5.92 Å². The maximum atomic E-state index is 12.2. The highest BCUT2D eigenvalue weighted by atomic mass is 16.5. The van der Waals surface area contributed by atoms with E-state index in [1.165, 1.54) is 0 Å². The summed E-state index contributed by atoms with van der Waals surface area (Å²) in [6.45, 7) is 10.5. The molecule has 0 unspecified atom stereocenters. The number of morpholine rings is 1. The van der Waals surface area contributed by atoms with E-state index in [2.05, 4.69) is 39.9 Å². The van der Waals surface area contributed by atoms with Gasteiger partial charge in [0, 0.05) is 6.42 Å². The number of methoxy groups -OCH3 is 2. The Balaban J connectivity index is 2.07. The third kappa shape index (κ3) is 4.59. The van der Waals surface area contributed by atoms with Crippen molar-refractivity contribution in [2.45, 2.75) is 58.7 Å². The zero-order chi connectivity index (χ0) is 22.1. The molecule has 30 heavy (non-hydrogen) atoms. The molecule has 1 amide bonds. The molecular weight excluding hydrogens is 384 g/mol. The van der Waals surface area contributed by atoms with E-state index in [1.807, 2.05) is 22.9 Å². The van der Waals surface area contributed by atoms with Gasteiger partial charge in [-0.3, -0.25) is 4.79 Å². The SMILES string of the molecule is COc1ccc([C@H]2NC(=O)CO[C@@H]2c2nc(CC(C)C)nn2C(C)(C)C)cc1OC. The van der Waals surface area contributed by atoms with Gasteiger partial charge in [0.25, 0.3) is 0 Å². The molecule has 0 saturated carbocycles. The summed E-state index contributed by atoms with van der Waals surface area (Å²) in [7, 11) is 3.18. The maximum absolute atomic E-state index is 12.2. The van der Waals surface area contributed by atoms with Crippen LogP contribution in [0.3, 0.4) is 0 Å². The van der Waals surface area contributed by atoms with Gasteiger partial charge in [0.2, 0.25) is 5.91 Å². The standard InChI is InChI=1S/C22H32N4O4/c1-13(2)10-17-23-21(26(25-17)22(3,4)5)20-19(24-18(27)12-30-20)14-8-9-15(28-6)16(11-14)29-7/h8-9,11,13,19-20H,10,12H2,1-7H3,(H,24,27)/t19-,20+/m1/s1. The Morgan fingerprint density at radius 3 is 2.53 bits per heavy atom. The van der Waals surface area contributed by atoms with Gasteiger partial charge in [-0.15, -0.1) is 0 Å². The monoisotopic (exact) mass is 416 g/mol. The van der Waals surface area contributed by atoms with Crippen molar-refractivity contribution in [3.05, 3.63) is 35.4 Å². The molecule has 0 aliphatic carbocycles. The Labute approximate surface area is 177 Å². The highest BCUT2D eigenvalue weighted by Crippen LogP contribution is 2.38. The number of carbonyl (C=O) groups excluding carboxylic acids is 1. The maximum Gasteiger partial charge on any atom is 0.246 e. The fourth-order valence-electron chi connectivity index (χ4n) is 3.58. The van der Waals surface area contributed by atoms with Crippen molar-refractivity contribution in [1.29, 1.82) is 0 Å². The highest BCUT2D eigenvalue weighted by Gasteiger charge is 2.38. The topological polar surface area (TPSA) is 87.5 Å². The van der Waals surface area contributed by atoms with Crippen LogP contribution in [0.5, 0.6) is 11.5 Å². The number of nitrogens with one attached hydrogen (secondary N) is 1. The van der Waals surface area contributed by atoms with Crippen molar-refractivity contribution < 1.29 is 19.0 Å². The van der Waals surface area contributed by atoms with Crippen LogP contribution in [0, 0.1) is 5.92 Å². The molecule has 2 atom stereocenters. The average Bonchev–Trinajstić information content (AvgIpc) is 3.10. The van der Waals surface area contributed by atoms with Gasteiger partial charge in [-0.2, -0.15) is 5.10 Å². The molecule has 0 bridgehead atoms. The molecule has 1 aromatic heterocycles. The van der Waals surface area contributed by atoms with Gasteiger partial charge < -0.3 is 19.5 Å². The molecule has 2 heterocycles. The fourth-order valence-corrected chi connectivity index (χ4v) is 3.58. The summed E-state index contributed by atoms with van der Waals surface area (Å²) in [5, 5.41) is 7.83. The summed E-state index contributed by atoms with van der Waals surface area (Å²) in [4.78, 5) is 17.0. The second-order valence-electron chi connectivity index (χ2n) is 8.96. The van der Waals surface area contributed by atoms with E-state index in [-0.39, 0.29) is 18.1 Å². The zero-order valence-corrected chi connectivity index (χ0v) is 18.9. The summed E-state index contributed by atoms with van der Waals surface area (Å²) in [5.41, 5.74) is 0.560. The van der Waals surface area contributed by atoms with Gasteiger partial charge in [0.15, 0.2) is 23.1 Å². The number of hydrogen-bond donors (Lipinski definition) is 1. The predicted molar refractivity (Wildman–Crippen MR) is 113 cm³/mol. The molecule has 1 aliphatic heterocycles. The first-order chi connectivity index (χ1) is 14.1. The Hall–Kier alpha value is -2.61. The lowest BCUT2D eigenvalue weighted by Crippen LogP contribution is -2.43. The van der Waals surface area contributed by atoms with Gasteiger partial charge in [-0.1, -0.05) is 19.9 Å². The fraction of sp³-hybridized carbons (Fsp3) is 0.591. The number of aromatic nitrogens is 3. The van der Waals surface area contributed by atoms with Gasteiger partial charge in [0.05, 0.1) is 25.8 Å². The lowest BCUT2D eigenvalue weighted by molar-refractivity contribution is -0.138. The molecule has 1 N–H and O–H groups in total. The van der Waals surface area contributed by atoms with E-state index in [4.69, 9.17) is 24.3 Å². The van der Waals surface area contributed by atoms with E-state index < -0.39 is 12.1 Å². The number of nitrogens with zero attached hydrogens (tertiary/aromatic N) is 3. The second-order valence-corrected chi connectivity index (χ2v) is 8.96. The summed E-state index contributed by atoms with van der Waals surface area (Å²) in [6, 6.07) is 5.16. The Morgan fingerprint density at radius 2 is 1.93 bits per heavy atom. The van der Waals surface area contributed by atoms with Crippen LogP contribution >= 0.6 is 0 Å². The zero-order valence-electron chi connectivity index (χ0n) is 18.9. The molecule has 1 aromatic carbocycles. The van der Waals surface area contributed by atoms with Crippen LogP contribution in [0.15, 0.2) is 18.2 Å². The quantitative estimate of drug-likeness (QED) is 0.778. The van der Waals surface area contributed by atoms with Gasteiger partial charge >= 0.3 is 0 Å². The first kappa shape index (κ1) is 22.1. The van der Waals surface area contributed by atoms with Crippen molar-refractivity contribution in [1.82, 2.24) is 20.1 Å². The van der Waals surface area contributed by atoms with E-state index >= 15 is 0 Å². The van der Waals surface area contributed by atoms with Gasteiger partial charge in [-0.25, -0.2) is 9.67 Å². The normalized spacial score (nSPS) is 19.7. The summed E-state index contributed by atoms with van der Waals surface area (Å²) < 4.78 is 18.7. The van der Waals surface area contributed by atoms with Crippen LogP contribution in [0.1, 0.15) is 64.0 Å². The minimum absolute atomic E-state index is 0.0228. The molecule has 3 rings (SSSR count). The Kier molecular flexibility index (Phi) is 6.36. The van der Waals surface area contributed by atoms with E-state index in [1.54, 1.807) is 14.2 Å². The predicted octanol–water partition coefficient (Wildman–Crippen LogP) is 3.18. The molecule has 8 nitrogen and oxygen atoms in total. The van der Waals surface area contributed by atoms with Crippen molar-refractivity contribution in [3.8, 4) is 11.5 Å². The molecule has 164 valence electrons.